The zero-order valence-corrected chi connectivity index (χ0v) is 6.37. The number of hydrogen-bond acceptors (Lipinski definition) is 3. The molecule has 0 saturated carbocycles. The second-order valence-corrected chi connectivity index (χ2v) is 2.39. The zero-order chi connectivity index (χ0) is 6.85. The van der Waals surface area contributed by atoms with E-state index < -0.39 is 0 Å². The highest BCUT2D eigenvalue weighted by Crippen LogP contribution is 2.11. The van der Waals surface area contributed by atoms with Gasteiger partial charge in [0.2, 0.25) is 5.29 Å². The number of nitrogens with one attached hydrogen (secondary N) is 1. The second-order valence-electron chi connectivity index (χ2n) is 1.28. The Labute approximate surface area is 67.0 Å². The van der Waals surface area contributed by atoms with Crippen LogP contribution in [0.4, 0.5) is 0 Å². The first-order valence-electron chi connectivity index (χ1n) is 2.01. The van der Waals surface area contributed by atoms with Crippen LogP contribution in [0, 0.1) is 0 Å². The summed E-state index contributed by atoms with van der Waals surface area (Å²) in [5, 5.41) is 0.395. The molecule has 0 amide bonds. The molecule has 1 aliphatic heterocycles. The molecule has 50 valence electrons. The molecule has 3 nitrogen and oxygen atoms in total. The monoisotopic (exact) mass is 185 g/mol. The maximum atomic E-state index is 5.43. The number of hydrogen-bond donors (Lipinski definition) is 1. The van der Waals surface area contributed by atoms with Crippen molar-refractivity contribution in [1.82, 2.24) is 9.95 Å². The average Bonchev–Trinajstić information content (AvgIpc) is 1.59. The third-order valence-electron chi connectivity index (χ3n) is 0.624. The van der Waals surface area contributed by atoms with Crippen LogP contribution < -0.4 is 5.43 Å². The van der Waals surface area contributed by atoms with Gasteiger partial charge in [-0.3, -0.25) is 5.43 Å². The SMILES string of the molecule is ClC1=CN(Cl)NC(Cl)=N1. The highest BCUT2D eigenvalue weighted by Gasteiger charge is 2.05. The topological polar surface area (TPSA) is 27.6 Å². The van der Waals surface area contributed by atoms with E-state index in [1.54, 1.807) is 0 Å². The summed E-state index contributed by atoms with van der Waals surface area (Å²) in [6.07, 6.45) is 1.38. The Morgan fingerprint density at radius 2 is 2.22 bits per heavy atom. The fourth-order valence-corrected chi connectivity index (χ4v) is 1.03. The van der Waals surface area contributed by atoms with Gasteiger partial charge in [0.25, 0.3) is 0 Å². The molecule has 0 saturated heterocycles. The Balaban J connectivity index is 2.74. The van der Waals surface area contributed by atoms with Gasteiger partial charge in [0, 0.05) is 11.8 Å². The van der Waals surface area contributed by atoms with E-state index in [9.17, 15) is 0 Å². The van der Waals surface area contributed by atoms with Crippen LogP contribution in [-0.4, -0.2) is 9.82 Å². The molecule has 1 heterocycles. The molecule has 0 unspecified atom stereocenters. The van der Waals surface area contributed by atoms with Crippen LogP contribution in [0.15, 0.2) is 16.3 Å². The van der Waals surface area contributed by atoms with Gasteiger partial charge in [-0.15, -0.1) is 0 Å². The van der Waals surface area contributed by atoms with E-state index in [-0.39, 0.29) is 10.5 Å². The lowest BCUT2D eigenvalue weighted by Crippen LogP contribution is -2.31. The van der Waals surface area contributed by atoms with Gasteiger partial charge in [0.1, 0.15) is 0 Å². The Hall–Kier alpha value is -0.120. The fraction of sp³-hybridized carbons (Fsp3) is 0. The van der Waals surface area contributed by atoms with Gasteiger partial charge in [-0.25, -0.2) is 4.99 Å². The summed E-state index contributed by atoms with van der Waals surface area (Å²) in [4.78, 5) is 3.60. The third-order valence-corrected chi connectivity index (χ3v) is 1.16. The Morgan fingerprint density at radius 3 is 2.67 bits per heavy atom. The number of nitrogens with zero attached hydrogens (tertiary/aromatic N) is 2. The molecule has 0 aromatic rings. The van der Waals surface area contributed by atoms with Crippen molar-refractivity contribution in [3.8, 4) is 0 Å². The van der Waals surface area contributed by atoms with Gasteiger partial charge in [0.05, 0.1) is 6.20 Å². The molecule has 6 heteroatoms. The fourth-order valence-electron chi connectivity index (χ4n) is 0.362. The van der Waals surface area contributed by atoms with Crippen LogP contribution in [0.1, 0.15) is 0 Å². The number of hydrazine groups is 1. The van der Waals surface area contributed by atoms with Crippen LogP contribution in [0.25, 0.3) is 0 Å². The maximum Gasteiger partial charge on any atom is 0.217 e. The van der Waals surface area contributed by atoms with Crippen LogP contribution in [0.5, 0.6) is 0 Å². The Bertz CT molecular complexity index is 175. The Kier molecular flexibility index (Phi) is 2.05. The molecule has 0 atom stereocenters. The molecule has 9 heavy (non-hydrogen) atoms. The predicted molar refractivity (Wildman–Crippen MR) is 38.1 cm³/mol. The molecule has 0 bridgehead atoms. The number of halogens is 3. The van der Waals surface area contributed by atoms with Crippen molar-refractivity contribution in [3.05, 3.63) is 11.4 Å². The summed E-state index contributed by atoms with van der Waals surface area (Å²) >= 11 is 16.2. The molecular weight excluding hydrogens is 184 g/mol. The summed E-state index contributed by atoms with van der Waals surface area (Å²) in [5.41, 5.74) is 2.46. The van der Waals surface area contributed by atoms with Crippen LogP contribution >= 0.6 is 35.0 Å². The molecule has 0 aromatic heterocycles. The van der Waals surface area contributed by atoms with Crippen molar-refractivity contribution in [2.24, 2.45) is 4.99 Å². The highest BCUT2D eigenvalue weighted by atomic mass is 35.5. The van der Waals surface area contributed by atoms with E-state index >= 15 is 0 Å². The van der Waals surface area contributed by atoms with Crippen LogP contribution in [0.2, 0.25) is 0 Å². The lowest BCUT2D eigenvalue weighted by Gasteiger charge is -2.14. The van der Waals surface area contributed by atoms with Crippen molar-refractivity contribution in [2.45, 2.75) is 0 Å². The van der Waals surface area contributed by atoms with E-state index in [1.807, 2.05) is 0 Å². The second kappa shape index (κ2) is 2.64. The van der Waals surface area contributed by atoms with Gasteiger partial charge >= 0.3 is 0 Å². The minimum atomic E-state index is 0.150. The summed E-state index contributed by atoms with van der Waals surface area (Å²) in [6.45, 7) is 0. The minimum Gasteiger partial charge on any atom is -0.257 e. The van der Waals surface area contributed by atoms with Crippen molar-refractivity contribution in [2.75, 3.05) is 0 Å². The lowest BCUT2D eigenvalue weighted by molar-refractivity contribution is 0.544. The van der Waals surface area contributed by atoms with Crippen molar-refractivity contribution in [1.29, 1.82) is 0 Å². The average molecular weight is 186 g/mol. The first-order chi connectivity index (χ1) is 4.18. The molecular formula is C3H2Cl3N3. The first kappa shape index (κ1) is 6.99. The van der Waals surface area contributed by atoms with Gasteiger partial charge in [-0.2, -0.15) is 4.53 Å². The van der Waals surface area contributed by atoms with E-state index in [0.717, 1.165) is 4.53 Å². The Morgan fingerprint density at radius 1 is 1.56 bits per heavy atom. The normalized spacial score (nSPS) is 18.3. The molecule has 0 aliphatic carbocycles. The lowest BCUT2D eigenvalue weighted by atomic mass is 10.9. The van der Waals surface area contributed by atoms with Crippen LogP contribution in [-0.2, 0) is 0 Å². The third kappa shape index (κ3) is 1.93. The smallest absolute Gasteiger partial charge is 0.217 e. The van der Waals surface area contributed by atoms with Gasteiger partial charge in [-0.1, -0.05) is 11.6 Å². The van der Waals surface area contributed by atoms with E-state index in [4.69, 9.17) is 35.0 Å². The van der Waals surface area contributed by atoms with Crippen molar-refractivity contribution >= 4 is 40.3 Å². The largest absolute Gasteiger partial charge is 0.257 e. The highest BCUT2D eigenvalue weighted by molar-refractivity contribution is 6.65. The number of amidine groups is 1. The van der Waals surface area contributed by atoms with Gasteiger partial charge in [0.15, 0.2) is 5.16 Å². The molecule has 1 rings (SSSR count). The first-order valence-corrected chi connectivity index (χ1v) is 3.11. The standard InChI is InChI=1S/C3H2Cl3N3/c4-2-1-9(6)8-3(5)7-2/h1H,(H,7,8). The molecule has 0 fully saturated rings. The minimum absolute atomic E-state index is 0.150. The summed E-state index contributed by atoms with van der Waals surface area (Å²) in [7, 11) is 0. The van der Waals surface area contributed by atoms with E-state index in [2.05, 4.69) is 10.4 Å². The summed E-state index contributed by atoms with van der Waals surface area (Å²) < 4.78 is 1.09. The maximum absolute atomic E-state index is 5.43. The van der Waals surface area contributed by atoms with Crippen molar-refractivity contribution < 1.29 is 0 Å². The van der Waals surface area contributed by atoms with Gasteiger partial charge < -0.3 is 0 Å². The molecule has 0 radical (unpaired) electrons. The van der Waals surface area contributed by atoms with E-state index in [0.29, 0.717) is 0 Å². The molecule has 1 aliphatic rings. The summed E-state index contributed by atoms with van der Waals surface area (Å²) in [6, 6.07) is 0. The van der Waals surface area contributed by atoms with E-state index in [1.165, 1.54) is 6.20 Å². The number of rotatable bonds is 0. The predicted octanol–water partition coefficient (Wildman–Crippen LogP) is 1.59. The number of aliphatic imine (C=N–C) groups is 1. The molecule has 0 aromatic carbocycles. The van der Waals surface area contributed by atoms with Gasteiger partial charge in [-0.05, 0) is 11.6 Å². The quantitative estimate of drug-likeness (QED) is 0.460. The molecule has 1 N–H and O–H groups in total. The van der Waals surface area contributed by atoms with Crippen molar-refractivity contribution in [3.63, 3.8) is 0 Å². The van der Waals surface area contributed by atoms with Crippen LogP contribution in [0.3, 0.4) is 0 Å². The zero-order valence-electron chi connectivity index (χ0n) is 4.11. The summed E-state index contributed by atoms with van der Waals surface area (Å²) in [5.74, 6) is 0. The molecule has 0 spiro atoms.